The molecule has 0 saturated heterocycles. The minimum Gasteiger partial charge on any atom is -0.467 e. The fourth-order valence-corrected chi connectivity index (χ4v) is 2.60. The molecule has 0 unspecified atom stereocenters. The first-order valence-corrected chi connectivity index (χ1v) is 7.53. The maximum atomic E-state index is 12.0. The number of furan rings is 1. The van der Waals surface area contributed by atoms with Gasteiger partial charge >= 0.3 is 0 Å². The van der Waals surface area contributed by atoms with E-state index in [1.54, 1.807) is 16.8 Å². The molecule has 1 N–H and O–H groups in total. The summed E-state index contributed by atoms with van der Waals surface area (Å²) in [6.07, 6.45) is 2.60. The fourth-order valence-electron chi connectivity index (χ4n) is 2.60. The molecule has 7 nitrogen and oxygen atoms in total. The summed E-state index contributed by atoms with van der Waals surface area (Å²) in [6, 6.07) is 3.63. The Morgan fingerprint density at radius 2 is 2.13 bits per heavy atom. The van der Waals surface area contributed by atoms with Crippen LogP contribution in [0.1, 0.15) is 35.0 Å². The van der Waals surface area contributed by atoms with Crippen LogP contribution in [0.2, 0.25) is 0 Å². The van der Waals surface area contributed by atoms with Gasteiger partial charge in [0.1, 0.15) is 11.6 Å². The van der Waals surface area contributed by atoms with Gasteiger partial charge in [0.2, 0.25) is 5.91 Å². The quantitative estimate of drug-likeness (QED) is 0.777. The number of rotatable bonds is 5. The van der Waals surface area contributed by atoms with E-state index < -0.39 is 0 Å². The van der Waals surface area contributed by atoms with Gasteiger partial charge in [0.25, 0.3) is 5.78 Å². The van der Waals surface area contributed by atoms with E-state index in [0.29, 0.717) is 31.0 Å². The Labute approximate surface area is 133 Å². The van der Waals surface area contributed by atoms with E-state index in [1.807, 2.05) is 26.8 Å². The Hall–Kier alpha value is -2.70. The molecule has 3 heterocycles. The van der Waals surface area contributed by atoms with Crippen LogP contribution in [-0.4, -0.2) is 25.5 Å². The Morgan fingerprint density at radius 3 is 2.87 bits per heavy atom. The summed E-state index contributed by atoms with van der Waals surface area (Å²) in [4.78, 5) is 20.7. The van der Waals surface area contributed by atoms with Crippen molar-refractivity contribution in [2.45, 2.75) is 40.2 Å². The van der Waals surface area contributed by atoms with Crippen molar-refractivity contribution in [2.24, 2.45) is 0 Å². The van der Waals surface area contributed by atoms with Gasteiger partial charge in [0.05, 0.1) is 12.8 Å². The summed E-state index contributed by atoms with van der Waals surface area (Å²) in [7, 11) is 0. The second-order valence-corrected chi connectivity index (χ2v) is 5.49. The Bertz CT molecular complexity index is 836. The number of carbonyl (C=O) groups excluding carboxylic acids is 1. The van der Waals surface area contributed by atoms with Crippen molar-refractivity contribution in [3.63, 3.8) is 0 Å². The first-order valence-electron chi connectivity index (χ1n) is 7.53. The number of nitrogens with one attached hydrogen (secondary N) is 1. The largest absolute Gasteiger partial charge is 0.467 e. The van der Waals surface area contributed by atoms with Crippen LogP contribution in [0.25, 0.3) is 5.78 Å². The molecule has 3 aromatic heterocycles. The van der Waals surface area contributed by atoms with Crippen LogP contribution in [-0.2, 0) is 17.8 Å². The summed E-state index contributed by atoms with van der Waals surface area (Å²) < 4.78 is 6.93. The van der Waals surface area contributed by atoms with Gasteiger partial charge < -0.3 is 9.73 Å². The third kappa shape index (κ3) is 3.23. The Morgan fingerprint density at radius 1 is 1.30 bits per heavy atom. The number of aromatic nitrogens is 4. The van der Waals surface area contributed by atoms with Gasteiger partial charge in [0, 0.05) is 17.8 Å². The lowest BCUT2D eigenvalue weighted by Crippen LogP contribution is -2.23. The SMILES string of the molecule is Cc1nc2nc(C)c(CCC(=O)NCc3ccco3)c(C)n2n1. The van der Waals surface area contributed by atoms with Gasteiger partial charge in [-0.2, -0.15) is 10.1 Å². The van der Waals surface area contributed by atoms with Crippen LogP contribution in [0, 0.1) is 20.8 Å². The molecular weight excluding hydrogens is 294 g/mol. The van der Waals surface area contributed by atoms with Gasteiger partial charge in [-0.3, -0.25) is 4.79 Å². The van der Waals surface area contributed by atoms with E-state index in [4.69, 9.17) is 4.42 Å². The smallest absolute Gasteiger partial charge is 0.252 e. The summed E-state index contributed by atoms with van der Waals surface area (Å²) in [5, 5.41) is 7.19. The maximum absolute atomic E-state index is 12.0. The summed E-state index contributed by atoms with van der Waals surface area (Å²) >= 11 is 0. The lowest BCUT2D eigenvalue weighted by atomic mass is 10.1. The zero-order valence-electron chi connectivity index (χ0n) is 13.5. The number of aryl methyl sites for hydroxylation is 3. The van der Waals surface area contributed by atoms with Crippen LogP contribution in [0.4, 0.5) is 0 Å². The molecule has 0 radical (unpaired) electrons. The average molecular weight is 313 g/mol. The molecule has 0 saturated carbocycles. The first-order chi connectivity index (χ1) is 11.0. The first kappa shape index (κ1) is 15.2. The molecule has 23 heavy (non-hydrogen) atoms. The molecule has 0 aliphatic heterocycles. The van der Waals surface area contributed by atoms with Gasteiger partial charge in [-0.15, -0.1) is 0 Å². The maximum Gasteiger partial charge on any atom is 0.252 e. The van der Waals surface area contributed by atoms with Gasteiger partial charge in [0.15, 0.2) is 0 Å². The van der Waals surface area contributed by atoms with Crippen molar-refractivity contribution in [2.75, 3.05) is 0 Å². The van der Waals surface area contributed by atoms with Gasteiger partial charge in [-0.05, 0) is 44.9 Å². The highest BCUT2D eigenvalue weighted by Gasteiger charge is 2.13. The lowest BCUT2D eigenvalue weighted by Gasteiger charge is -2.10. The number of nitrogens with zero attached hydrogens (tertiary/aromatic N) is 4. The third-order valence-corrected chi connectivity index (χ3v) is 3.80. The van der Waals surface area contributed by atoms with E-state index in [9.17, 15) is 4.79 Å². The summed E-state index contributed by atoms with van der Waals surface area (Å²) in [6.45, 7) is 6.16. The highest BCUT2D eigenvalue weighted by molar-refractivity contribution is 5.76. The van der Waals surface area contributed by atoms with E-state index in [2.05, 4.69) is 20.4 Å². The molecule has 0 aliphatic rings. The molecular formula is C16H19N5O2. The molecule has 1 amide bonds. The van der Waals surface area contributed by atoms with Crippen LogP contribution < -0.4 is 5.32 Å². The van der Waals surface area contributed by atoms with Crippen molar-refractivity contribution in [1.29, 1.82) is 0 Å². The molecule has 120 valence electrons. The summed E-state index contributed by atoms with van der Waals surface area (Å²) in [5.74, 6) is 2.01. The number of hydrogen-bond donors (Lipinski definition) is 1. The zero-order valence-corrected chi connectivity index (χ0v) is 13.5. The van der Waals surface area contributed by atoms with Crippen molar-refractivity contribution in [3.05, 3.63) is 46.9 Å². The predicted octanol–water partition coefficient (Wildman–Crippen LogP) is 1.89. The monoisotopic (exact) mass is 313 g/mol. The van der Waals surface area contributed by atoms with Crippen molar-refractivity contribution in [3.8, 4) is 0 Å². The van der Waals surface area contributed by atoms with E-state index >= 15 is 0 Å². The standard InChI is InChI=1S/C16H19N5O2/c1-10-14(11(2)21-16(18-10)19-12(3)20-21)6-7-15(22)17-9-13-5-4-8-23-13/h4-5,8H,6-7,9H2,1-3H3,(H,17,22). The second-order valence-electron chi connectivity index (χ2n) is 5.49. The number of hydrogen-bond acceptors (Lipinski definition) is 5. The average Bonchev–Trinajstić information content (AvgIpc) is 3.14. The molecule has 3 aromatic rings. The van der Waals surface area contributed by atoms with E-state index in [0.717, 1.165) is 22.7 Å². The van der Waals surface area contributed by atoms with Crippen LogP contribution >= 0.6 is 0 Å². The molecule has 0 fully saturated rings. The number of fused-ring (bicyclic) bond motifs is 1. The Kier molecular flexibility index (Phi) is 4.10. The highest BCUT2D eigenvalue weighted by Crippen LogP contribution is 2.15. The summed E-state index contributed by atoms with van der Waals surface area (Å²) in [5.41, 5.74) is 2.91. The van der Waals surface area contributed by atoms with Crippen LogP contribution in [0.3, 0.4) is 0 Å². The highest BCUT2D eigenvalue weighted by atomic mass is 16.3. The van der Waals surface area contributed by atoms with Crippen LogP contribution in [0.15, 0.2) is 22.8 Å². The zero-order chi connectivity index (χ0) is 16.4. The molecule has 0 bridgehead atoms. The van der Waals surface area contributed by atoms with Crippen molar-refractivity contribution < 1.29 is 9.21 Å². The topological polar surface area (TPSA) is 85.3 Å². The predicted molar refractivity (Wildman–Crippen MR) is 83.9 cm³/mol. The number of carbonyl (C=O) groups is 1. The minimum atomic E-state index is -0.0185. The normalized spacial score (nSPS) is 11.1. The Balaban J connectivity index is 1.67. The molecule has 0 aromatic carbocycles. The van der Waals surface area contributed by atoms with Gasteiger partial charge in [-0.25, -0.2) is 9.50 Å². The van der Waals surface area contributed by atoms with E-state index in [-0.39, 0.29) is 5.91 Å². The van der Waals surface area contributed by atoms with Crippen molar-refractivity contribution in [1.82, 2.24) is 24.9 Å². The van der Waals surface area contributed by atoms with E-state index in [1.165, 1.54) is 0 Å². The lowest BCUT2D eigenvalue weighted by molar-refractivity contribution is -0.121. The molecule has 7 heteroatoms. The van der Waals surface area contributed by atoms with Crippen LogP contribution in [0.5, 0.6) is 0 Å². The second kappa shape index (κ2) is 6.20. The fraction of sp³-hybridized carbons (Fsp3) is 0.375. The molecule has 3 rings (SSSR count). The van der Waals surface area contributed by atoms with Crippen molar-refractivity contribution >= 4 is 11.7 Å². The molecule has 0 aliphatic carbocycles. The molecule has 0 spiro atoms. The number of amides is 1. The molecule has 0 atom stereocenters. The minimum absolute atomic E-state index is 0.0185. The van der Waals surface area contributed by atoms with Gasteiger partial charge in [-0.1, -0.05) is 0 Å². The third-order valence-electron chi connectivity index (χ3n) is 3.80.